The van der Waals surface area contributed by atoms with E-state index in [1.165, 1.54) is 43.9 Å². The van der Waals surface area contributed by atoms with E-state index in [1.807, 2.05) is 0 Å². The molecule has 3 heterocycles. The van der Waals surface area contributed by atoms with E-state index in [2.05, 4.69) is 65.5 Å². The third kappa shape index (κ3) is 5.82. The summed E-state index contributed by atoms with van der Waals surface area (Å²) in [6.07, 6.45) is 0. The molecule has 5 nitrogen and oxygen atoms in total. The van der Waals surface area contributed by atoms with Crippen LogP contribution in [0.1, 0.15) is 30.9 Å². The Hall–Kier alpha value is -0.860. The molecule has 1 aromatic rings. The van der Waals surface area contributed by atoms with Crippen molar-refractivity contribution < 1.29 is 0 Å². The lowest BCUT2D eigenvalue weighted by atomic mass is 10.0. The number of nitrogens with one attached hydrogen (secondary N) is 2. The molecule has 0 radical (unpaired) electrons. The Labute approximate surface area is 175 Å². The van der Waals surface area contributed by atoms with Crippen LogP contribution in [-0.4, -0.2) is 74.2 Å². The molecule has 26 heavy (non-hydrogen) atoms. The van der Waals surface area contributed by atoms with Crippen molar-refractivity contribution in [2.24, 2.45) is 4.99 Å². The fourth-order valence-electron chi connectivity index (χ4n) is 3.70. The van der Waals surface area contributed by atoms with Crippen molar-refractivity contribution in [3.63, 3.8) is 0 Å². The fraction of sp³-hybridized carbons (Fsp3) is 0.650. The lowest BCUT2D eigenvalue weighted by Crippen LogP contribution is -2.63. The Morgan fingerprint density at radius 3 is 2.42 bits per heavy atom. The summed E-state index contributed by atoms with van der Waals surface area (Å²) >= 11 is 0. The minimum absolute atomic E-state index is 0. The number of aryl methyl sites for hydroxylation is 1. The van der Waals surface area contributed by atoms with Gasteiger partial charge in [0.2, 0.25) is 0 Å². The van der Waals surface area contributed by atoms with Crippen LogP contribution in [0.25, 0.3) is 0 Å². The van der Waals surface area contributed by atoms with Gasteiger partial charge in [-0.15, -0.1) is 24.0 Å². The van der Waals surface area contributed by atoms with Crippen molar-refractivity contribution >= 4 is 29.9 Å². The zero-order valence-corrected chi connectivity index (χ0v) is 18.7. The van der Waals surface area contributed by atoms with Crippen LogP contribution in [-0.2, 0) is 0 Å². The Morgan fingerprint density at radius 1 is 1.15 bits per heavy atom. The monoisotopic (exact) mass is 471 g/mol. The first-order valence-electron chi connectivity index (χ1n) is 9.71. The number of rotatable bonds is 6. The van der Waals surface area contributed by atoms with Crippen LogP contribution in [0.15, 0.2) is 29.3 Å². The second kappa shape index (κ2) is 10.5. The largest absolute Gasteiger partial charge is 0.357 e. The first-order chi connectivity index (χ1) is 12.2. The SMILES string of the molecule is CCNC(=NCC(C)c1ccc(C)cc1)NCC1CN2CCN1CC2.I. The van der Waals surface area contributed by atoms with Gasteiger partial charge >= 0.3 is 0 Å². The predicted molar refractivity (Wildman–Crippen MR) is 121 cm³/mol. The molecule has 6 heteroatoms. The summed E-state index contributed by atoms with van der Waals surface area (Å²) in [7, 11) is 0. The molecular formula is C20H34IN5. The van der Waals surface area contributed by atoms with E-state index in [1.54, 1.807) is 0 Å². The van der Waals surface area contributed by atoms with E-state index in [4.69, 9.17) is 4.99 Å². The van der Waals surface area contributed by atoms with E-state index < -0.39 is 0 Å². The molecule has 2 atom stereocenters. The van der Waals surface area contributed by atoms with E-state index >= 15 is 0 Å². The summed E-state index contributed by atoms with van der Waals surface area (Å²) in [6, 6.07) is 9.41. The fourth-order valence-corrected chi connectivity index (χ4v) is 3.70. The van der Waals surface area contributed by atoms with Crippen molar-refractivity contribution in [2.45, 2.75) is 32.7 Å². The Kier molecular flexibility index (Phi) is 8.63. The maximum Gasteiger partial charge on any atom is 0.191 e. The van der Waals surface area contributed by atoms with Gasteiger partial charge in [-0.3, -0.25) is 14.8 Å². The van der Waals surface area contributed by atoms with Gasteiger partial charge in [0.15, 0.2) is 5.96 Å². The molecule has 3 aliphatic rings. The van der Waals surface area contributed by atoms with E-state index in [-0.39, 0.29) is 24.0 Å². The highest BCUT2D eigenvalue weighted by molar-refractivity contribution is 14.0. The lowest BCUT2D eigenvalue weighted by molar-refractivity contribution is 0.0154. The quantitative estimate of drug-likeness (QED) is 0.380. The first-order valence-corrected chi connectivity index (χ1v) is 9.71. The topological polar surface area (TPSA) is 42.9 Å². The van der Waals surface area contributed by atoms with Crippen molar-refractivity contribution in [3.8, 4) is 0 Å². The van der Waals surface area contributed by atoms with Crippen LogP contribution in [0.5, 0.6) is 0 Å². The molecule has 1 aromatic carbocycles. The Balaban J connectivity index is 0.00000243. The highest BCUT2D eigenvalue weighted by atomic mass is 127. The molecule has 2 N–H and O–H groups in total. The summed E-state index contributed by atoms with van der Waals surface area (Å²) in [5.41, 5.74) is 2.66. The molecule has 3 saturated heterocycles. The van der Waals surface area contributed by atoms with Gasteiger partial charge < -0.3 is 10.6 Å². The van der Waals surface area contributed by atoms with Gasteiger partial charge in [0.05, 0.1) is 0 Å². The zero-order chi connectivity index (χ0) is 17.6. The average Bonchev–Trinajstić information content (AvgIpc) is 2.65. The first kappa shape index (κ1) is 21.4. The van der Waals surface area contributed by atoms with Crippen LogP contribution in [0, 0.1) is 6.92 Å². The molecule has 2 bridgehead atoms. The third-order valence-corrected chi connectivity index (χ3v) is 5.41. The molecule has 0 saturated carbocycles. The average molecular weight is 471 g/mol. The molecule has 0 spiro atoms. The Morgan fingerprint density at radius 2 is 1.85 bits per heavy atom. The van der Waals surface area contributed by atoms with Gasteiger partial charge in [-0.1, -0.05) is 36.8 Å². The van der Waals surface area contributed by atoms with Gasteiger partial charge in [0.1, 0.15) is 0 Å². The maximum atomic E-state index is 4.82. The van der Waals surface area contributed by atoms with Crippen molar-refractivity contribution in [1.29, 1.82) is 0 Å². The smallest absolute Gasteiger partial charge is 0.191 e. The van der Waals surface area contributed by atoms with E-state index in [9.17, 15) is 0 Å². The number of guanidine groups is 1. The van der Waals surface area contributed by atoms with E-state index in [0.29, 0.717) is 12.0 Å². The van der Waals surface area contributed by atoms with Crippen LogP contribution >= 0.6 is 24.0 Å². The van der Waals surface area contributed by atoms with Crippen LogP contribution in [0.2, 0.25) is 0 Å². The number of nitrogens with zero attached hydrogens (tertiary/aromatic N) is 3. The number of piperazine rings is 3. The third-order valence-electron chi connectivity index (χ3n) is 5.41. The number of hydrogen-bond donors (Lipinski definition) is 2. The normalized spacial score (nSPS) is 26.1. The van der Waals surface area contributed by atoms with Crippen molar-refractivity contribution in [1.82, 2.24) is 20.4 Å². The number of halogens is 1. The summed E-state index contributed by atoms with van der Waals surface area (Å²) in [6.45, 7) is 15.3. The highest BCUT2D eigenvalue weighted by Gasteiger charge is 2.31. The van der Waals surface area contributed by atoms with Gasteiger partial charge in [-0.25, -0.2) is 0 Å². The second-order valence-corrected chi connectivity index (χ2v) is 7.40. The second-order valence-electron chi connectivity index (χ2n) is 7.40. The molecule has 0 amide bonds. The van der Waals surface area contributed by atoms with Gasteiger partial charge in [-0.05, 0) is 19.4 Å². The Bertz CT molecular complexity index is 566. The van der Waals surface area contributed by atoms with E-state index in [0.717, 1.165) is 25.6 Å². The van der Waals surface area contributed by atoms with Crippen molar-refractivity contribution in [3.05, 3.63) is 35.4 Å². The van der Waals surface area contributed by atoms with Crippen molar-refractivity contribution in [2.75, 3.05) is 52.4 Å². The molecular weight excluding hydrogens is 437 g/mol. The standard InChI is InChI=1S/C20H33N5.HI/c1-4-21-20(22-13-17(3)18-7-5-16(2)6-8-18)23-14-19-15-24-9-11-25(19)12-10-24;/h5-8,17,19H,4,9-15H2,1-3H3,(H2,21,22,23);1H. The van der Waals surface area contributed by atoms with Crippen LogP contribution < -0.4 is 10.6 Å². The molecule has 0 aliphatic carbocycles. The summed E-state index contributed by atoms with van der Waals surface area (Å²) in [4.78, 5) is 10.0. The number of aliphatic imine (C=N–C) groups is 1. The number of benzene rings is 1. The van der Waals surface area contributed by atoms with Gasteiger partial charge in [0, 0.05) is 64.3 Å². The maximum absolute atomic E-state index is 4.82. The molecule has 0 aromatic heterocycles. The number of fused-ring (bicyclic) bond motifs is 3. The highest BCUT2D eigenvalue weighted by Crippen LogP contribution is 2.16. The van der Waals surface area contributed by atoms with Gasteiger partial charge in [-0.2, -0.15) is 0 Å². The molecule has 2 unspecified atom stereocenters. The molecule has 3 aliphatic heterocycles. The summed E-state index contributed by atoms with van der Waals surface area (Å²) < 4.78 is 0. The minimum Gasteiger partial charge on any atom is -0.357 e. The van der Waals surface area contributed by atoms with Crippen LogP contribution in [0.4, 0.5) is 0 Å². The molecule has 4 rings (SSSR count). The minimum atomic E-state index is 0. The number of hydrogen-bond acceptors (Lipinski definition) is 3. The van der Waals surface area contributed by atoms with Crippen LogP contribution in [0.3, 0.4) is 0 Å². The predicted octanol–water partition coefficient (Wildman–Crippen LogP) is 2.27. The molecule has 3 fully saturated rings. The summed E-state index contributed by atoms with van der Waals surface area (Å²) in [5, 5.41) is 6.95. The lowest BCUT2D eigenvalue weighted by Gasteiger charge is -2.47. The zero-order valence-electron chi connectivity index (χ0n) is 16.4. The van der Waals surface area contributed by atoms with Gasteiger partial charge in [0.25, 0.3) is 0 Å². The summed E-state index contributed by atoms with van der Waals surface area (Å²) in [5.74, 6) is 1.37. The molecule has 146 valence electrons.